The van der Waals surface area contributed by atoms with Crippen LogP contribution in [0.3, 0.4) is 0 Å². The Bertz CT molecular complexity index is 1050. The molecule has 7 rings (SSSR count). The van der Waals surface area contributed by atoms with E-state index in [1.807, 2.05) is 0 Å². The summed E-state index contributed by atoms with van der Waals surface area (Å²) < 4.78 is 2.66. The number of hydrogen-bond donors (Lipinski definition) is 0. The van der Waals surface area contributed by atoms with Crippen molar-refractivity contribution in [2.24, 2.45) is 0 Å². The summed E-state index contributed by atoms with van der Waals surface area (Å²) in [5.74, 6) is 0. The van der Waals surface area contributed by atoms with Crippen LogP contribution in [0.4, 0.5) is 0 Å². The van der Waals surface area contributed by atoms with Gasteiger partial charge < -0.3 is 42.9 Å². The maximum absolute atomic E-state index is 2.57. The third-order valence-electron chi connectivity index (χ3n) is 8.53. The fourth-order valence-electron chi connectivity index (χ4n) is 7.13. The highest BCUT2D eigenvalue weighted by Gasteiger charge is 2.40. The maximum Gasteiger partial charge on any atom is 0.105 e. The fraction of sp³-hybridized carbons (Fsp3) is 0.462. The lowest BCUT2D eigenvalue weighted by Gasteiger charge is -2.28. The van der Waals surface area contributed by atoms with Gasteiger partial charge in [-0.2, -0.15) is 0 Å². The first kappa shape index (κ1) is 20.9. The molecule has 30 heavy (non-hydrogen) atoms. The predicted octanol–water partition coefficient (Wildman–Crippen LogP) is -0.751. The van der Waals surface area contributed by atoms with Crippen molar-refractivity contribution in [2.45, 2.75) is 51.9 Å². The Morgan fingerprint density at radius 2 is 0.800 bits per heavy atom. The second-order valence-corrected chi connectivity index (χ2v) is 10.4. The maximum atomic E-state index is 2.57. The minimum Gasteiger partial charge on any atom is -1.00 e. The van der Waals surface area contributed by atoms with Crippen molar-refractivity contribution in [3.05, 3.63) is 58.7 Å². The summed E-state index contributed by atoms with van der Waals surface area (Å²) in [5.41, 5.74) is 6.50. The number of hydrogen-bond acceptors (Lipinski definition) is 0. The predicted molar refractivity (Wildman–Crippen MR) is 115 cm³/mol. The first-order valence-electron chi connectivity index (χ1n) is 11.4. The van der Waals surface area contributed by atoms with Crippen molar-refractivity contribution in [1.29, 1.82) is 0 Å². The van der Waals surface area contributed by atoms with Gasteiger partial charge in [-0.25, -0.2) is 0 Å². The molecule has 0 unspecified atom stereocenters. The Hall–Kier alpha value is -0.940. The largest absolute Gasteiger partial charge is 1.00 e. The SMILES string of the molecule is [Br-].[Br-].c1cc2cc3c(cc2c2cc4c(cc12)C[N+]1(CCCC1)C4)C[N+]1(CCCC1)C3. The van der Waals surface area contributed by atoms with E-state index in [4.69, 9.17) is 0 Å². The van der Waals surface area contributed by atoms with E-state index in [0.717, 1.165) is 0 Å². The highest BCUT2D eigenvalue weighted by Crippen LogP contribution is 2.41. The van der Waals surface area contributed by atoms with E-state index < -0.39 is 0 Å². The van der Waals surface area contributed by atoms with Crippen molar-refractivity contribution in [3.8, 4) is 0 Å². The molecule has 4 heterocycles. The van der Waals surface area contributed by atoms with E-state index in [-0.39, 0.29) is 34.0 Å². The van der Waals surface area contributed by atoms with Gasteiger partial charge in [0.15, 0.2) is 0 Å². The number of rotatable bonds is 0. The van der Waals surface area contributed by atoms with Crippen molar-refractivity contribution < 1.29 is 42.9 Å². The van der Waals surface area contributed by atoms with Gasteiger partial charge in [0.25, 0.3) is 0 Å². The Balaban J connectivity index is 0.000000963. The molecule has 0 atom stereocenters. The molecule has 0 N–H and O–H groups in total. The minimum absolute atomic E-state index is 0. The van der Waals surface area contributed by atoms with E-state index in [9.17, 15) is 0 Å². The van der Waals surface area contributed by atoms with Crippen LogP contribution >= 0.6 is 0 Å². The molecule has 0 amide bonds. The molecule has 4 heteroatoms. The summed E-state index contributed by atoms with van der Waals surface area (Å²) in [7, 11) is 0. The molecule has 2 nitrogen and oxygen atoms in total. The van der Waals surface area contributed by atoms with E-state index in [1.54, 1.807) is 22.3 Å². The Morgan fingerprint density at radius 3 is 1.17 bits per heavy atom. The van der Waals surface area contributed by atoms with Gasteiger partial charge in [-0.05, 0) is 45.8 Å². The molecule has 0 aliphatic carbocycles. The normalized spacial score (nSPS) is 22.4. The quantitative estimate of drug-likeness (QED) is 0.265. The highest BCUT2D eigenvalue weighted by atomic mass is 79.9. The smallest absolute Gasteiger partial charge is 0.105 e. The van der Waals surface area contributed by atoms with Crippen LogP contribution in [-0.4, -0.2) is 35.1 Å². The first-order chi connectivity index (χ1) is 13.7. The van der Waals surface area contributed by atoms with Crippen LogP contribution in [0.15, 0.2) is 36.4 Å². The third-order valence-corrected chi connectivity index (χ3v) is 8.53. The van der Waals surface area contributed by atoms with Crippen molar-refractivity contribution >= 4 is 21.5 Å². The van der Waals surface area contributed by atoms with Crippen LogP contribution < -0.4 is 34.0 Å². The molecular formula is C26H30Br2N2. The Labute approximate surface area is 200 Å². The zero-order valence-electron chi connectivity index (χ0n) is 17.6. The fourth-order valence-corrected chi connectivity index (χ4v) is 7.13. The second kappa shape index (κ2) is 7.30. The van der Waals surface area contributed by atoms with E-state index in [0.29, 0.717) is 0 Å². The Kier molecular flexibility index (Phi) is 5.09. The van der Waals surface area contributed by atoms with Crippen molar-refractivity contribution in [2.75, 3.05) is 26.2 Å². The van der Waals surface area contributed by atoms with Gasteiger partial charge in [0, 0.05) is 47.9 Å². The number of fused-ring (bicyclic) bond motifs is 5. The van der Waals surface area contributed by atoms with Crippen molar-refractivity contribution in [1.82, 2.24) is 0 Å². The minimum atomic E-state index is 0. The molecule has 2 fully saturated rings. The van der Waals surface area contributed by atoms with Gasteiger partial charge in [-0.1, -0.05) is 12.1 Å². The summed E-state index contributed by atoms with van der Waals surface area (Å²) in [6.45, 7) is 10.6. The standard InChI is InChI=1S/C26H30N2.2BrH/c1-2-8-27(7-1)15-21-11-19-5-6-20-12-22-16-28(9-3-4-10-28)18-24(22)14-26(20)25(19)13-23(21)17-27;;/h5-6,11-14H,1-4,7-10,15-18H2;2*1H/q+2;;/p-2. The zero-order valence-corrected chi connectivity index (χ0v) is 20.8. The summed E-state index contributed by atoms with van der Waals surface area (Å²) >= 11 is 0. The molecule has 4 aliphatic rings. The number of nitrogens with zero attached hydrogens (tertiary/aromatic N) is 2. The molecule has 4 aliphatic heterocycles. The molecule has 2 spiro atoms. The molecular weight excluding hydrogens is 500 g/mol. The van der Waals surface area contributed by atoms with Crippen LogP contribution in [0.2, 0.25) is 0 Å². The zero-order chi connectivity index (χ0) is 18.3. The molecule has 0 bridgehead atoms. The second-order valence-electron chi connectivity index (χ2n) is 10.4. The van der Waals surface area contributed by atoms with Crippen LogP contribution in [0.5, 0.6) is 0 Å². The third kappa shape index (κ3) is 3.02. The van der Waals surface area contributed by atoms with Gasteiger partial charge in [-0.15, -0.1) is 0 Å². The molecule has 3 aromatic rings. The van der Waals surface area contributed by atoms with Crippen LogP contribution in [0.1, 0.15) is 47.9 Å². The molecule has 0 radical (unpaired) electrons. The molecule has 3 aromatic carbocycles. The summed E-state index contributed by atoms with van der Waals surface area (Å²) in [4.78, 5) is 0. The molecule has 0 saturated carbocycles. The monoisotopic (exact) mass is 528 g/mol. The van der Waals surface area contributed by atoms with E-state index in [1.165, 1.54) is 109 Å². The summed E-state index contributed by atoms with van der Waals surface area (Å²) in [6.07, 6.45) is 5.68. The van der Waals surface area contributed by atoms with Crippen LogP contribution in [0, 0.1) is 0 Å². The lowest BCUT2D eigenvalue weighted by atomic mass is 9.95. The summed E-state index contributed by atoms with van der Waals surface area (Å²) in [6, 6.07) is 15.0. The topological polar surface area (TPSA) is 0 Å². The van der Waals surface area contributed by atoms with Crippen molar-refractivity contribution in [3.63, 3.8) is 0 Å². The molecule has 2 saturated heterocycles. The van der Waals surface area contributed by atoms with Gasteiger partial charge in [0.05, 0.1) is 26.2 Å². The average molecular weight is 530 g/mol. The van der Waals surface area contributed by atoms with Gasteiger partial charge in [0.2, 0.25) is 0 Å². The highest BCUT2D eigenvalue weighted by molar-refractivity contribution is 6.08. The molecule has 158 valence electrons. The number of quaternary nitrogens is 2. The number of benzene rings is 3. The summed E-state index contributed by atoms with van der Waals surface area (Å²) in [5, 5.41) is 5.90. The lowest BCUT2D eigenvalue weighted by Crippen LogP contribution is -3.00. The van der Waals surface area contributed by atoms with Gasteiger partial charge >= 0.3 is 0 Å². The van der Waals surface area contributed by atoms with Gasteiger partial charge in [-0.3, -0.25) is 0 Å². The van der Waals surface area contributed by atoms with Crippen LogP contribution in [0.25, 0.3) is 21.5 Å². The first-order valence-corrected chi connectivity index (χ1v) is 11.4. The average Bonchev–Trinajstić information content (AvgIpc) is 3.46. The number of halogens is 2. The molecule has 0 aromatic heterocycles. The van der Waals surface area contributed by atoms with Gasteiger partial charge in [0.1, 0.15) is 26.2 Å². The van der Waals surface area contributed by atoms with Crippen LogP contribution in [-0.2, 0) is 26.2 Å². The van der Waals surface area contributed by atoms with E-state index in [2.05, 4.69) is 36.4 Å². The van der Waals surface area contributed by atoms with E-state index >= 15 is 0 Å². The Morgan fingerprint density at radius 1 is 0.467 bits per heavy atom. The lowest BCUT2D eigenvalue weighted by molar-refractivity contribution is -0.936.